The van der Waals surface area contributed by atoms with Gasteiger partial charge in [0.25, 0.3) is 0 Å². The van der Waals surface area contributed by atoms with Gasteiger partial charge in [0.1, 0.15) is 44.7 Å². The van der Waals surface area contributed by atoms with Crippen LogP contribution in [0.15, 0.2) is 200 Å². The Morgan fingerprint density at radius 1 is 0.287 bits per heavy atom. The van der Waals surface area contributed by atoms with Crippen molar-refractivity contribution in [2.24, 2.45) is 0 Å². The topological polar surface area (TPSA) is 59.0 Å². The van der Waals surface area contributed by atoms with Crippen LogP contribution in [-0.4, -0.2) is 0 Å². The molecule has 11 aromatic carbocycles. The maximum absolute atomic E-state index is 6.95. The van der Waals surface area contributed by atoms with Gasteiger partial charge in [-0.3, -0.25) is 0 Å². The highest BCUT2D eigenvalue weighted by atomic mass is 16.3. The average molecular weight is 1040 g/mol. The summed E-state index contributed by atoms with van der Waals surface area (Å²) in [5.74, 6) is 0. The number of fused-ring (bicyclic) bond motifs is 14. The summed E-state index contributed by atoms with van der Waals surface area (Å²) in [4.78, 5) is 4.69. The largest absolute Gasteiger partial charge is 0.456 e. The molecule has 6 nitrogen and oxygen atoms in total. The molecule has 4 heterocycles. The molecule has 0 atom stereocenters. The SMILES string of the molecule is Cc1ccc(N(c2ccc3cc4c(cc3c2)oc2c(C)c3oc5cc6cc(N(c7ccc(C)cc7)c7ccc8oc9c(C(C)(C)C)cccc9c8c7)ccc6cc5c3c(C)c24)c2ccc3oc4c(C(C)(C)C)cccc4c3c2)cc1. The van der Waals surface area contributed by atoms with Gasteiger partial charge in [-0.2, -0.15) is 0 Å². The first-order valence-corrected chi connectivity index (χ1v) is 27.9. The molecule has 0 N–H and O–H groups in total. The standard InChI is InChI=1S/C74H60N2O4/c1-41-17-23-49(24-18-41)75(53-29-31-63-57(39-53)55-13-11-15-61(71(55)77-63)73(5,6)7)51-27-21-45-35-59-65(37-47(45)33-51)79-69-44(4)70-68(43(3)67(59)69)60-36-46-22-28-52(34-48(46)38-66(60)80-70)76(50-25-19-42(2)20-26-50)54-30-32-64-58(40-54)56-14-12-16-62(72(56)78-64)74(8,9)10/h11-40H,1-10H3. The lowest BCUT2D eigenvalue weighted by atomic mass is 9.86. The minimum absolute atomic E-state index is 0.0561. The molecular formula is C74H60N2O4. The number of benzene rings is 11. The van der Waals surface area contributed by atoms with E-state index in [1.54, 1.807) is 0 Å². The van der Waals surface area contributed by atoms with Crippen molar-refractivity contribution in [3.8, 4) is 0 Å². The van der Waals surface area contributed by atoms with Gasteiger partial charge in [-0.15, -0.1) is 0 Å². The van der Waals surface area contributed by atoms with E-state index in [0.29, 0.717) is 0 Å². The zero-order valence-electron chi connectivity index (χ0n) is 46.8. The molecule has 0 aliphatic carbocycles. The molecule has 4 aromatic heterocycles. The van der Waals surface area contributed by atoms with Gasteiger partial charge in [-0.05, 0) is 175 Å². The fourth-order valence-electron chi connectivity index (χ4n) is 12.7. The monoisotopic (exact) mass is 1040 g/mol. The van der Waals surface area contributed by atoms with Crippen molar-refractivity contribution in [1.29, 1.82) is 0 Å². The third kappa shape index (κ3) is 7.38. The zero-order chi connectivity index (χ0) is 54.7. The molecule has 0 saturated carbocycles. The summed E-state index contributed by atoms with van der Waals surface area (Å²) >= 11 is 0. The molecule has 0 aliphatic heterocycles. The highest BCUT2D eigenvalue weighted by molar-refractivity contribution is 6.22. The number of aryl methyl sites for hydroxylation is 4. The molecule has 0 amide bonds. The number of hydrogen-bond donors (Lipinski definition) is 0. The highest BCUT2D eigenvalue weighted by Gasteiger charge is 2.26. The van der Waals surface area contributed by atoms with Gasteiger partial charge >= 0.3 is 0 Å². The second kappa shape index (κ2) is 17.1. The minimum atomic E-state index is -0.0561. The lowest BCUT2D eigenvalue weighted by molar-refractivity contribution is 0.572. The minimum Gasteiger partial charge on any atom is -0.456 e. The molecule has 80 heavy (non-hydrogen) atoms. The number of para-hydroxylation sites is 2. The highest BCUT2D eigenvalue weighted by Crippen LogP contribution is 2.48. The first-order chi connectivity index (χ1) is 38.5. The fourth-order valence-corrected chi connectivity index (χ4v) is 12.7. The van der Waals surface area contributed by atoms with E-state index >= 15 is 0 Å². The number of nitrogens with zero attached hydrogens (tertiary/aromatic N) is 2. The fraction of sp³-hybridized carbons (Fsp3) is 0.162. The molecule has 0 unspecified atom stereocenters. The summed E-state index contributed by atoms with van der Waals surface area (Å²) in [5, 5.41) is 13.4. The summed E-state index contributed by atoms with van der Waals surface area (Å²) in [7, 11) is 0. The van der Waals surface area contributed by atoms with E-state index in [4.69, 9.17) is 17.7 Å². The molecular weight excluding hydrogens is 981 g/mol. The van der Waals surface area contributed by atoms with Gasteiger partial charge in [0.05, 0.1) is 0 Å². The Kier molecular flexibility index (Phi) is 10.3. The Hall–Kier alpha value is -9.26. The van der Waals surface area contributed by atoms with Crippen molar-refractivity contribution >= 4 is 143 Å². The second-order valence-electron chi connectivity index (χ2n) is 24.4. The van der Waals surface area contributed by atoms with E-state index in [1.165, 1.54) is 22.3 Å². The van der Waals surface area contributed by atoms with E-state index in [0.717, 1.165) is 155 Å². The molecule has 15 rings (SSSR count). The predicted octanol–water partition coefficient (Wildman–Crippen LogP) is 22.4. The van der Waals surface area contributed by atoms with Crippen molar-refractivity contribution in [1.82, 2.24) is 0 Å². The van der Waals surface area contributed by atoms with E-state index in [-0.39, 0.29) is 10.8 Å². The Bertz CT molecular complexity index is 4750. The van der Waals surface area contributed by atoms with Crippen LogP contribution in [0.1, 0.15) is 74.9 Å². The maximum Gasteiger partial charge on any atom is 0.142 e. The first kappa shape index (κ1) is 47.9. The van der Waals surface area contributed by atoms with Crippen LogP contribution in [0.5, 0.6) is 0 Å². The summed E-state index contributed by atoms with van der Waals surface area (Å²) in [5.41, 5.74) is 20.3. The maximum atomic E-state index is 6.95. The van der Waals surface area contributed by atoms with Gasteiger partial charge in [0.15, 0.2) is 0 Å². The number of rotatable bonds is 6. The van der Waals surface area contributed by atoms with Crippen LogP contribution in [0.4, 0.5) is 34.1 Å². The van der Waals surface area contributed by atoms with Crippen LogP contribution in [0.2, 0.25) is 0 Å². The van der Waals surface area contributed by atoms with Crippen LogP contribution in [-0.2, 0) is 10.8 Å². The van der Waals surface area contributed by atoms with E-state index in [2.05, 4.69) is 261 Å². The third-order valence-corrected chi connectivity index (χ3v) is 16.9. The Morgan fingerprint density at radius 2 is 0.662 bits per heavy atom. The lowest BCUT2D eigenvalue weighted by Gasteiger charge is -2.26. The van der Waals surface area contributed by atoms with Crippen LogP contribution in [0, 0.1) is 27.7 Å². The van der Waals surface area contributed by atoms with Crippen LogP contribution >= 0.6 is 0 Å². The molecule has 15 aromatic rings. The van der Waals surface area contributed by atoms with Gasteiger partial charge < -0.3 is 27.5 Å². The van der Waals surface area contributed by atoms with Gasteiger partial charge in [0.2, 0.25) is 0 Å². The summed E-state index contributed by atoms with van der Waals surface area (Å²) in [6, 6.07) is 66.3. The van der Waals surface area contributed by atoms with Crippen molar-refractivity contribution in [2.75, 3.05) is 9.80 Å². The second-order valence-corrected chi connectivity index (χ2v) is 24.4. The quantitative estimate of drug-likeness (QED) is 0.165. The molecule has 0 radical (unpaired) electrons. The average Bonchev–Trinajstić information content (AvgIpc) is 4.31. The smallest absolute Gasteiger partial charge is 0.142 e. The van der Waals surface area contributed by atoms with E-state index in [1.807, 2.05) is 0 Å². The molecule has 0 fully saturated rings. The molecule has 6 heteroatoms. The van der Waals surface area contributed by atoms with Crippen LogP contribution < -0.4 is 9.80 Å². The molecule has 0 bridgehead atoms. The number of hydrogen-bond acceptors (Lipinski definition) is 6. The van der Waals surface area contributed by atoms with Crippen LogP contribution in [0.3, 0.4) is 0 Å². The van der Waals surface area contributed by atoms with Gasteiger partial charge in [-0.25, -0.2) is 0 Å². The Labute approximate surface area is 464 Å². The number of furan rings is 4. The summed E-state index contributed by atoms with van der Waals surface area (Å²) in [6.45, 7) is 22.1. The van der Waals surface area contributed by atoms with Gasteiger partial charge in [-0.1, -0.05) is 125 Å². The van der Waals surface area contributed by atoms with Crippen molar-refractivity contribution < 1.29 is 17.7 Å². The molecule has 390 valence electrons. The molecule has 0 aliphatic rings. The normalized spacial score (nSPS) is 12.6. The Morgan fingerprint density at radius 3 is 1.07 bits per heavy atom. The van der Waals surface area contributed by atoms with E-state index < -0.39 is 0 Å². The predicted molar refractivity (Wildman–Crippen MR) is 336 cm³/mol. The molecule has 0 saturated heterocycles. The Balaban J connectivity index is 0.831. The summed E-state index contributed by atoms with van der Waals surface area (Å²) < 4.78 is 27.1. The third-order valence-electron chi connectivity index (χ3n) is 16.9. The lowest BCUT2D eigenvalue weighted by Crippen LogP contribution is -2.11. The van der Waals surface area contributed by atoms with Crippen LogP contribution in [0.25, 0.3) is 109 Å². The summed E-state index contributed by atoms with van der Waals surface area (Å²) in [6.07, 6.45) is 0. The first-order valence-electron chi connectivity index (χ1n) is 27.9. The molecule has 0 spiro atoms. The van der Waals surface area contributed by atoms with Crippen molar-refractivity contribution in [3.05, 3.63) is 215 Å². The van der Waals surface area contributed by atoms with Gasteiger partial charge in [0, 0.05) is 93.9 Å². The van der Waals surface area contributed by atoms with E-state index in [9.17, 15) is 0 Å². The zero-order valence-corrected chi connectivity index (χ0v) is 46.8. The van der Waals surface area contributed by atoms with Crippen molar-refractivity contribution in [2.45, 2.75) is 80.1 Å². The van der Waals surface area contributed by atoms with Crippen molar-refractivity contribution in [3.63, 3.8) is 0 Å². The number of anilines is 6.